The smallest absolute Gasteiger partial charge is 0.130 e. The van der Waals surface area contributed by atoms with Crippen LogP contribution in [0.1, 0.15) is 44.6 Å². The van der Waals surface area contributed by atoms with Crippen LogP contribution in [-0.2, 0) is 6.54 Å². The largest absolute Gasteiger partial charge is 0.314 e. The maximum absolute atomic E-state index is 13.5. The zero-order valence-corrected chi connectivity index (χ0v) is 12.1. The first kappa shape index (κ1) is 15.4. The molecule has 0 bridgehead atoms. The molecule has 112 valence electrons. The van der Waals surface area contributed by atoms with Gasteiger partial charge in [0.25, 0.3) is 0 Å². The van der Waals surface area contributed by atoms with Gasteiger partial charge in [-0.3, -0.25) is 0 Å². The van der Waals surface area contributed by atoms with Gasteiger partial charge in [0, 0.05) is 30.3 Å². The van der Waals surface area contributed by atoms with Crippen LogP contribution in [0, 0.1) is 11.6 Å². The highest BCUT2D eigenvalue weighted by Crippen LogP contribution is 2.14. The maximum atomic E-state index is 13.5. The van der Waals surface area contributed by atoms with Gasteiger partial charge in [-0.25, -0.2) is 8.78 Å². The summed E-state index contributed by atoms with van der Waals surface area (Å²) in [6.07, 6.45) is 6.13. The molecule has 0 aliphatic carbocycles. The van der Waals surface area contributed by atoms with Gasteiger partial charge in [-0.1, -0.05) is 18.9 Å². The van der Waals surface area contributed by atoms with E-state index in [0.29, 0.717) is 24.2 Å². The van der Waals surface area contributed by atoms with E-state index < -0.39 is 11.6 Å². The number of benzene rings is 1. The first-order valence-corrected chi connectivity index (χ1v) is 7.56. The molecule has 2 N–H and O–H groups in total. The van der Waals surface area contributed by atoms with Gasteiger partial charge in [-0.05, 0) is 38.8 Å². The minimum absolute atomic E-state index is 0.315. The van der Waals surface area contributed by atoms with E-state index in [-0.39, 0.29) is 0 Å². The molecule has 0 amide bonds. The van der Waals surface area contributed by atoms with Gasteiger partial charge in [-0.2, -0.15) is 0 Å². The Bertz CT molecular complexity index is 415. The summed E-state index contributed by atoms with van der Waals surface area (Å²) in [6, 6.07) is 4.62. The summed E-state index contributed by atoms with van der Waals surface area (Å²) < 4.78 is 26.3. The van der Waals surface area contributed by atoms with E-state index in [9.17, 15) is 8.78 Å². The van der Waals surface area contributed by atoms with Crippen molar-refractivity contribution in [3.63, 3.8) is 0 Å². The van der Waals surface area contributed by atoms with Crippen LogP contribution in [-0.4, -0.2) is 18.6 Å². The quantitative estimate of drug-likeness (QED) is 0.865. The zero-order chi connectivity index (χ0) is 14.4. The van der Waals surface area contributed by atoms with Crippen LogP contribution in [0.4, 0.5) is 8.78 Å². The lowest BCUT2D eigenvalue weighted by molar-refractivity contribution is 0.400. The molecule has 2 rings (SSSR count). The third-order valence-electron chi connectivity index (χ3n) is 3.96. The van der Waals surface area contributed by atoms with Crippen molar-refractivity contribution in [1.29, 1.82) is 0 Å². The van der Waals surface area contributed by atoms with Crippen molar-refractivity contribution < 1.29 is 8.78 Å². The molecule has 0 spiro atoms. The second-order valence-electron chi connectivity index (χ2n) is 5.75. The van der Waals surface area contributed by atoms with Gasteiger partial charge >= 0.3 is 0 Å². The molecule has 2 nitrogen and oxygen atoms in total. The molecule has 1 saturated heterocycles. The van der Waals surface area contributed by atoms with Crippen molar-refractivity contribution >= 4 is 0 Å². The number of nitrogens with one attached hydrogen (secondary N) is 2. The van der Waals surface area contributed by atoms with Crippen LogP contribution in [0.2, 0.25) is 0 Å². The first-order chi connectivity index (χ1) is 9.65. The lowest BCUT2D eigenvalue weighted by Crippen LogP contribution is -2.36. The van der Waals surface area contributed by atoms with Crippen molar-refractivity contribution in [1.82, 2.24) is 10.6 Å². The van der Waals surface area contributed by atoms with Crippen LogP contribution < -0.4 is 10.6 Å². The van der Waals surface area contributed by atoms with Crippen LogP contribution in [0.3, 0.4) is 0 Å². The molecular weight excluding hydrogens is 258 g/mol. The molecule has 0 aromatic heterocycles. The third-order valence-corrected chi connectivity index (χ3v) is 3.96. The Morgan fingerprint density at radius 2 is 2.15 bits per heavy atom. The highest BCUT2D eigenvalue weighted by molar-refractivity contribution is 5.18. The van der Waals surface area contributed by atoms with Crippen molar-refractivity contribution in [3.8, 4) is 0 Å². The molecule has 1 aromatic carbocycles. The Labute approximate surface area is 120 Å². The highest BCUT2D eigenvalue weighted by atomic mass is 19.1. The summed E-state index contributed by atoms with van der Waals surface area (Å²) in [7, 11) is 0. The van der Waals surface area contributed by atoms with Crippen LogP contribution in [0.25, 0.3) is 0 Å². The minimum atomic E-state index is -0.526. The minimum Gasteiger partial charge on any atom is -0.314 e. The second-order valence-corrected chi connectivity index (χ2v) is 5.75. The Morgan fingerprint density at radius 3 is 2.95 bits per heavy atom. The van der Waals surface area contributed by atoms with E-state index in [1.807, 2.05) is 0 Å². The number of rotatable bonds is 5. The lowest BCUT2D eigenvalue weighted by atomic mass is 10.0. The molecule has 1 aliphatic rings. The number of hydrogen-bond acceptors (Lipinski definition) is 2. The molecule has 1 fully saturated rings. The number of halogens is 2. The van der Waals surface area contributed by atoms with Crippen LogP contribution in [0.5, 0.6) is 0 Å². The molecule has 20 heavy (non-hydrogen) atoms. The SMILES string of the molecule is CC(CC1CCCCCN1)NCc1ccc(F)cc1F. The standard InChI is InChI=1S/C16H24F2N2/c1-12(9-15-5-3-2-4-8-19-15)20-11-13-6-7-14(17)10-16(13)18/h6-7,10,12,15,19-20H,2-5,8-9,11H2,1H3. The Hall–Kier alpha value is -1.00. The van der Waals surface area contributed by atoms with Crippen molar-refractivity contribution in [2.24, 2.45) is 0 Å². The summed E-state index contributed by atoms with van der Waals surface area (Å²) in [6.45, 7) is 3.66. The molecule has 2 atom stereocenters. The topological polar surface area (TPSA) is 24.1 Å². The number of hydrogen-bond donors (Lipinski definition) is 2. The van der Waals surface area contributed by atoms with Gasteiger partial charge < -0.3 is 10.6 Å². The second kappa shape index (κ2) is 7.70. The van der Waals surface area contributed by atoms with Gasteiger partial charge in [0.15, 0.2) is 0 Å². The summed E-state index contributed by atoms with van der Waals surface area (Å²) in [5.74, 6) is -1.00. The lowest BCUT2D eigenvalue weighted by Gasteiger charge is -2.21. The Balaban J connectivity index is 1.77. The Morgan fingerprint density at radius 1 is 1.30 bits per heavy atom. The maximum Gasteiger partial charge on any atom is 0.130 e. The average molecular weight is 282 g/mol. The van der Waals surface area contributed by atoms with E-state index in [2.05, 4.69) is 17.6 Å². The predicted octanol–water partition coefficient (Wildman–Crippen LogP) is 3.37. The van der Waals surface area contributed by atoms with E-state index >= 15 is 0 Å². The summed E-state index contributed by atoms with van der Waals surface area (Å²) in [5.41, 5.74) is 0.520. The fraction of sp³-hybridized carbons (Fsp3) is 0.625. The molecule has 1 heterocycles. The molecule has 2 unspecified atom stereocenters. The third kappa shape index (κ3) is 4.84. The Kier molecular flexibility index (Phi) is 5.92. The van der Waals surface area contributed by atoms with Crippen molar-refractivity contribution in [2.45, 2.75) is 57.7 Å². The van der Waals surface area contributed by atoms with E-state index in [4.69, 9.17) is 0 Å². The summed E-state index contributed by atoms with van der Waals surface area (Å²) in [4.78, 5) is 0. The fourth-order valence-corrected chi connectivity index (χ4v) is 2.76. The van der Waals surface area contributed by atoms with Gasteiger partial charge in [0.1, 0.15) is 11.6 Å². The van der Waals surface area contributed by atoms with Gasteiger partial charge in [0.05, 0.1) is 0 Å². The molecule has 0 radical (unpaired) electrons. The normalized spacial score (nSPS) is 21.4. The fourth-order valence-electron chi connectivity index (χ4n) is 2.76. The van der Waals surface area contributed by atoms with Gasteiger partial charge in [0.2, 0.25) is 0 Å². The summed E-state index contributed by atoms with van der Waals surface area (Å²) in [5, 5.41) is 6.89. The molecule has 4 heteroatoms. The first-order valence-electron chi connectivity index (χ1n) is 7.56. The summed E-state index contributed by atoms with van der Waals surface area (Å²) >= 11 is 0. The predicted molar refractivity (Wildman–Crippen MR) is 77.5 cm³/mol. The molecule has 1 aliphatic heterocycles. The molecular formula is C16H24F2N2. The zero-order valence-electron chi connectivity index (χ0n) is 12.1. The molecule has 1 aromatic rings. The van der Waals surface area contributed by atoms with E-state index in [1.54, 1.807) is 0 Å². The van der Waals surface area contributed by atoms with Crippen LogP contribution >= 0.6 is 0 Å². The average Bonchev–Trinajstić information content (AvgIpc) is 2.66. The van der Waals surface area contributed by atoms with Crippen LogP contribution in [0.15, 0.2) is 18.2 Å². The van der Waals surface area contributed by atoms with E-state index in [0.717, 1.165) is 19.0 Å². The molecule has 0 saturated carbocycles. The highest BCUT2D eigenvalue weighted by Gasteiger charge is 2.15. The van der Waals surface area contributed by atoms with E-state index in [1.165, 1.54) is 37.8 Å². The monoisotopic (exact) mass is 282 g/mol. The van der Waals surface area contributed by atoms with Crippen molar-refractivity contribution in [3.05, 3.63) is 35.4 Å². The van der Waals surface area contributed by atoms with Gasteiger partial charge in [-0.15, -0.1) is 0 Å². The van der Waals surface area contributed by atoms with Crippen molar-refractivity contribution in [2.75, 3.05) is 6.54 Å².